The van der Waals surface area contributed by atoms with Crippen molar-refractivity contribution in [3.8, 4) is 0 Å². The van der Waals surface area contributed by atoms with Crippen LogP contribution in [0.5, 0.6) is 0 Å². The van der Waals surface area contributed by atoms with Crippen LogP contribution in [-0.2, 0) is 17.8 Å². The fourth-order valence-corrected chi connectivity index (χ4v) is 4.52. The van der Waals surface area contributed by atoms with Gasteiger partial charge in [0, 0.05) is 37.8 Å². The van der Waals surface area contributed by atoms with Crippen LogP contribution in [0.25, 0.3) is 0 Å². The van der Waals surface area contributed by atoms with Gasteiger partial charge in [-0.3, -0.25) is 9.48 Å². The number of hydrogen-bond donors (Lipinski definition) is 1. The highest BCUT2D eigenvalue weighted by atomic mass is 16.2. The molecule has 3 unspecified atom stereocenters. The molecule has 24 heavy (non-hydrogen) atoms. The molecule has 1 saturated carbocycles. The Morgan fingerprint density at radius 3 is 2.71 bits per heavy atom. The van der Waals surface area contributed by atoms with Gasteiger partial charge in [0.05, 0.1) is 5.69 Å². The van der Waals surface area contributed by atoms with Crippen LogP contribution in [0, 0.1) is 31.6 Å². The van der Waals surface area contributed by atoms with Crippen LogP contribution in [0.15, 0.2) is 0 Å². The van der Waals surface area contributed by atoms with Crippen LogP contribution < -0.4 is 5.73 Å². The van der Waals surface area contributed by atoms with Gasteiger partial charge in [0.25, 0.3) is 0 Å². The Bertz CT molecular complexity index is 607. The first kappa shape index (κ1) is 17.5. The van der Waals surface area contributed by atoms with Gasteiger partial charge in [0.15, 0.2) is 0 Å². The number of hydrogen-bond acceptors (Lipinski definition) is 3. The lowest BCUT2D eigenvalue weighted by Gasteiger charge is -2.18. The molecule has 134 valence electrons. The van der Waals surface area contributed by atoms with Crippen molar-refractivity contribution in [1.29, 1.82) is 0 Å². The van der Waals surface area contributed by atoms with Crippen LogP contribution >= 0.6 is 0 Å². The van der Waals surface area contributed by atoms with E-state index in [2.05, 4.69) is 42.4 Å². The average molecular weight is 332 g/mol. The van der Waals surface area contributed by atoms with Gasteiger partial charge in [-0.15, -0.1) is 0 Å². The zero-order valence-electron chi connectivity index (χ0n) is 15.6. The number of amides is 1. The second-order valence-corrected chi connectivity index (χ2v) is 8.19. The molecule has 2 fully saturated rings. The van der Waals surface area contributed by atoms with E-state index in [-0.39, 0.29) is 5.91 Å². The zero-order chi connectivity index (χ0) is 17.4. The predicted octanol–water partition coefficient (Wildman–Crippen LogP) is 2.28. The van der Waals surface area contributed by atoms with E-state index >= 15 is 0 Å². The highest BCUT2D eigenvalue weighted by Crippen LogP contribution is 2.37. The minimum absolute atomic E-state index is 0.284. The Labute approximate surface area is 145 Å². The van der Waals surface area contributed by atoms with Gasteiger partial charge < -0.3 is 10.6 Å². The minimum Gasteiger partial charge on any atom is -0.342 e. The van der Waals surface area contributed by atoms with Crippen molar-refractivity contribution >= 4 is 5.91 Å². The summed E-state index contributed by atoms with van der Waals surface area (Å²) in [5, 5.41) is 4.66. The summed E-state index contributed by atoms with van der Waals surface area (Å²) >= 11 is 0. The first-order chi connectivity index (χ1) is 11.4. The summed E-state index contributed by atoms with van der Waals surface area (Å²) in [6.45, 7) is 11.3. The summed E-state index contributed by atoms with van der Waals surface area (Å²) in [7, 11) is 0. The molecule has 0 aromatic carbocycles. The van der Waals surface area contributed by atoms with E-state index in [9.17, 15) is 4.79 Å². The third-order valence-corrected chi connectivity index (χ3v) is 5.92. The Hall–Kier alpha value is -1.36. The van der Waals surface area contributed by atoms with Crippen molar-refractivity contribution in [2.75, 3.05) is 13.1 Å². The Morgan fingerprint density at radius 1 is 1.29 bits per heavy atom. The predicted molar refractivity (Wildman–Crippen MR) is 95.6 cm³/mol. The molecule has 1 aromatic rings. The van der Waals surface area contributed by atoms with Crippen molar-refractivity contribution in [2.24, 2.45) is 23.5 Å². The lowest BCUT2D eigenvalue weighted by Crippen LogP contribution is -2.33. The highest BCUT2D eigenvalue weighted by molar-refractivity contribution is 5.77. The molecule has 0 spiro atoms. The highest BCUT2D eigenvalue weighted by Gasteiger charge is 2.42. The minimum atomic E-state index is 0.284. The van der Waals surface area contributed by atoms with E-state index in [1.807, 2.05) is 0 Å². The molecule has 3 rings (SSSR count). The van der Waals surface area contributed by atoms with Gasteiger partial charge in [0.1, 0.15) is 0 Å². The molecule has 1 aromatic heterocycles. The van der Waals surface area contributed by atoms with E-state index in [0.29, 0.717) is 30.2 Å². The number of nitrogens with two attached hydrogens (primary N) is 1. The maximum absolute atomic E-state index is 12.6. The SMILES string of the molecule is Cc1nn(CC(C)C)c(C)c1CCC(=O)N1CC2CCC(N)C2C1. The molecular weight excluding hydrogens is 300 g/mol. The molecule has 2 N–H and O–H groups in total. The molecule has 0 radical (unpaired) electrons. The number of aromatic nitrogens is 2. The van der Waals surface area contributed by atoms with Crippen molar-refractivity contribution in [3.63, 3.8) is 0 Å². The lowest BCUT2D eigenvalue weighted by atomic mass is 9.98. The molecule has 1 aliphatic carbocycles. The number of carbonyl (C=O) groups excluding carboxylic acids is 1. The molecule has 1 saturated heterocycles. The summed E-state index contributed by atoms with van der Waals surface area (Å²) in [5.74, 6) is 2.03. The van der Waals surface area contributed by atoms with E-state index in [4.69, 9.17) is 5.73 Å². The van der Waals surface area contributed by atoms with E-state index in [0.717, 1.165) is 38.2 Å². The monoisotopic (exact) mass is 332 g/mol. The first-order valence-corrected chi connectivity index (χ1v) is 9.43. The normalized spacial score (nSPS) is 26.4. The van der Waals surface area contributed by atoms with Crippen LogP contribution in [-0.4, -0.2) is 39.7 Å². The molecule has 1 amide bonds. The molecule has 3 atom stereocenters. The standard InChI is InChI=1S/C19H32N4O/c1-12(2)9-23-14(4)16(13(3)21-23)6-8-19(24)22-10-15-5-7-18(20)17(15)11-22/h12,15,17-18H,5-11,20H2,1-4H3. The van der Waals surface area contributed by atoms with Gasteiger partial charge >= 0.3 is 0 Å². The quantitative estimate of drug-likeness (QED) is 0.900. The van der Waals surface area contributed by atoms with Crippen molar-refractivity contribution < 1.29 is 4.79 Å². The van der Waals surface area contributed by atoms with Gasteiger partial charge in [-0.05, 0) is 56.4 Å². The second kappa shape index (κ2) is 6.87. The molecular formula is C19H32N4O. The van der Waals surface area contributed by atoms with Crippen molar-refractivity contribution in [3.05, 3.63) is 17.0 Å². The number of aryl methyl sites for hydroxylation is 1. The molecule has 5 heteroatoms. The maximum Gasteiger partial charge on any atom is 0.222 e. The number of rotatable bonds is 5. The van der Waals surface area contributed by atoms with Crippen molar-refractivity contribution in [2.45, 2.75) is 66.0 Å². The molecule has 1 aliphatic heterocycles. The third kappa shape index (κ3) is 3.37. The molecule has 0 bridgehead atoms. The number of carbonyl (C=O) groups is 1. The maximum atomic E-state index is 12.6. The number of fused-ring (bicyclic) bond motifs is 1. The molecule has 5 nitrogen and oxygen atoms in total. The average Bonchev–Trinajstić information content (AvgIpc) is 3.14. The third-order valence-electron chi connectivity index (χ3n) is 5.92. The smallest absolute Gasteiger partial charge is 0.222 e. The van der Waals surface area contributed by atoms with Crippen LogP contribution in [0.3, 0.4) is 0 Å². The van der Waals surface area contributed by atoms with Gasteiger partial charge in [-0.2, -0.15) is 5.10 Å². The summed E-state index contributed by atoms with van der Waals surface area (Å²) in [6, 6.07) is 0.298. The Balaban J connectivity index is 1.58. The molecule has 2 aliphatic rings. The van der Waals surface area contributed by atoms with Gasteiger partial charge in [0.2, 0.25) is 5.91 Å². The number of nitrogens with zero attached hydrogens (tertiary/aromatic N) is 3. The van der Waals surface area contributed by atoms with Gasteiger partial charge in [-0.1, -0.05) is 13.8 Å². The van der Waals surface area contributed by atoms with Crippen LogP contribution in [0.1, 0.15) is 50.1 Å². The van der Waals surface area contributed by atoms with Gasteiger partial charge in [-0.25, -0.2) is 0 Å². The summed E-state index contributed by atoms with van der Waals surface area (Å²) in [6.07, 6.45) is 3.71. The largest absolute Gasteiger partial charge is 0.342 e. The topological polar surface area (TPSA) is 64.2 Å². The summed E-state index contributed by atoms with van der Waals surface area (Å²) in [5.41, 5.74) is 9.72. The fraction of sp³-hybridized carbons (Fsp3) is 0.789. The van der Waals surface area contributed by atoms with Crippen LogP contribution in [0.2, 0.25) is 0 Å². The van der Waals surface area contributed by atoms with E-state index < -0.39 is 0 Å². The Kier molecular flexibility index (Phi) is 5.00. The number of likely N-dealkylation sites (tertiary alicyclic amines) is 1. The van der Waals surface area contributed by atoms with E-state index in [1.165, 1.54) is 17.7 Å². The summed E-state index contributed by atoms with van der Waals surface area (Å²) < 4.78 is 2.10. The van der Waals surface area contributed by atoms with Crippen molar-refractivity contribution in [1.82, 2.24) is 14.7 Å². The zero-order valence-corrected chi connectivity index (χ0v) is 15.6. The second-order valence-electron chi connectivity index (χ2n) is 8.19. The first-order valence-electron chi connectivity index (χ1n) is 9.43. The lowest BCUT2D eigenvalue weighted by molar-refractivity contribution is -0.130. The van der Waals surface area contributed by atoms with Crippen LogP contribution in [0.4, 0.5) is 0 Å². The Morgan fingerprint density at radius 2 is 2.04 bits per heavy atom. The summed E-state index contributed by atoms with van der Waals surface area (Å²) in [4.78, 5) is 14.7. The molecule has 2 heterocycles. The van der Waals surface area contributed by atoms with E-state index in [1.54, 1.807) is 0 Å². The fourth-order valence-electron chi connectivity index (χ4n) is 4.52.